The summed E-state index contributed by atoms with van der Waals surface area (Å²) in [6.07, 6.45) is 1.47. The van der Waals surface area contributed by atoms with Crippen LogP contribution < -0.4 is 5.73 Å². The SMILES string of the molecule is Nc1ccc2nc(CSc3ncn[nH]3)oc2c1. The van der Waals surface area contributed by atoms with Crippen molar-refractivity contribution in [3.8, 4) is 0 Å². The molecule has 6 nitrogen and oxygen atoms in total. The monoisotopic (exact) mass is 247 g/mol. The molecule has 0 spiro atoms. The number of rotatable bonds is 3. The second-order valence-corrected chi connectivity index (χ2v) is 4.38. The third-order valence-electron chi connectivity index (χ3n) is 2.18. The van der Waals surface area contributed by atoms with Gasteiger partial charge in [0.25, 0.3) is 0 Å². The van der Waals surface area contributed by atoms with E-state index in [1.165, 1.54) is 18.1 Å². The van der Waals surface area contributed by atoms with Gasteiger partial charge < -0.3 is 10.2 Å². The maximum atomic E-state index is 5.67. The number of aromatic amines is 1. The zero-order valence-electron chi connectivity index (χ0n) is 8.75. The number of nitrogens with one attached hydrogen (secondary N) is 1. The van der Waals surface area contributed by atoms with Gasteiger partial charge in [0, 0.05) is 11.8 Å². The smallest absolute Gasteiger partial charge is 0.205 e. The van der Waals surface area contributed by atoms with Gasteiger partial charge >= 0.3 is 0 Å². The minimum absolute atomic E-state index is 0.601. The van der Waals surface area contributed by atoms with Crippen LogP contribution in [-0.2, 0) is 5.75 Å². The fourth-order valence-corrected chi connectivity index (χ4v) is 2.07. The fraction of sp³-hybridized carbons (Fsp3) is 0.100. The van der Waals surface area contributed by atoms with Crippen LogP contribution in [0.25, 0.3) is 11.1 Å². The normalized spacial score (nSPS) is 11.1. The second kappa shape index (κ2) is 4.10. The van der Waals surface area contributed by atoms with Crippen molar-refractivity contribution in [1.29, 1.82) is 0 Å². The summed E-state index contributed by atoms with van der Waals surface area (Å²) in [5.74, 6) is 1.25. The summed E-state index contributed by atoms with van der Waals surface area (Å²) in [4.78, 5) is 8.35. The van der Waals surface area contributed by atoms with E-state index in [2.05, 4.69) is 20.2 Å². The van der Waals surface area contributed by atoms with Crippen molar-refractivity contribution in [2.24, 2.45) is 0 Å². The molecular weight excluding hydrogens is 238 g/mol. The summed E-state index contributed by atoms with van der Waals surface area (Å²) in [7, 11) is 0. The lowest BCUT2D eigenvalue weighted by molar-refractivity contribution is 0.556. The molecule has 17 heavy (non-hydrogen) atoms. The number of hydrogen-bond donors (Lipinski definition) is 2. The van der Waals surface area contributed by atoms with Crippen LogP contribution in [-0.4, -0.2) is 20.2 Å². The van der Waals surface area contributed by atoms with E-state index in [0.717, 1.165) is 10.7 Å². The van der Waals surface area contributed by atoms with Gasteiger partial charge in [0.2, 0.25) is 5.89 Å². The third-order valence-corrected chi connectivity index (χ3v) is 3.04. The van der Waals surface area contributed by atoms with Crippen LogP contribution >= 0.6 is 11.8 Å². The summed E-state index contributed by atoms with van der Waals surface area (Å²) < 4.78 is 5.57. The predicted molar refractivity (Wildman–Crippen MR) is 64.4 cm³/mol. The van der Waals surface area contributed by atoms with Crippen LogP contribution in [0, 0.1) is 0 Å². The Balaban J connectivity index is 1.81. The molecule has 7 heteroatoms. The number of anilines is 1. The first-order chi connectivity index (χ1) is 8.31. The Kier molecular flexibility index (Phi) is 2.45. The Morgan fingerprint density at radius 2 is 2.35 bits per heavy atom. The minimum atomic E-state index is 0.601. The molecular formula is C10H9N5OS. The predicted octanol–water partition coefficient (Wildman–Crippen LogP) is 1.82. The Hall–Kier alpha value is -2.02. The molecule has 0 aliphatic carbocycles. The minimum Gasteiger partial charge on any atom is -0.440 e. The van der Waals surface area contributed by atoms with E-state index in [1.807, 2.05) is 6.07 Å². The Bertz CT molecular complexity index is 633. The van der Waals surface area contributed by atoms with Crippen LogP contribution in [0.2, 0.25) is 0 Å². The van der Waals surface area contributed by atoms with Gasteiger partial charge in [-0.2, -0.15) is 5.10 Å². The number of thioether (sulfide) groups is 1. The average Bonchev–Trinajstić information content (AvgIpc) is 2.94. The molecule has 0 aliphatic heterocycles. The Morgan fingerprint density at radius 1 is 1.41 bits per heavy atom. The number of H-pyrrole nitrogens is 1. The summed E-state index contributed by atoms with van der Waals surface area (Å²) >= 11 is 1.48. The van der Waals surface area contributed by atoms with Gasteiger partial charge in [0.1, 0.15) is 11.8 Å². The standard InChI is InChI=1S/C10H9N5OS/c11-6-1-2-7-8(3-6)16-9(14-7)4-17-10-12-5-13-15-10/h1-3,5H,4,11H2,(H,12,13,15). The first kappa shape index (κ1) is 10.2. The van der Waals surface area contributed by atoms with Crippen LogP contribution in [0.1, 0.15) is 5.89 Å². The molecule has 0 bridgehead atoms. The van der Waals surface area contributed by atoms with Crippen LogP contribution in [0.15, 0.2) is 34.1 Å². The molecule has 0 radical (unpaired) electrons. The number of aromatic nitrogens is 4. The molecule has 0 fully saturated rings. The molecule has 3 N–H and O–H groups in total. The maximum Gasteiger partial charge on any atom is 0.205 e. The van der Waals surface area contributed by atoms with Gasteiger partial charge in [-0.05, 0) is 12.1 Å². The van der Waals surface area contributed by atoms with E-state index in [0.29, 0.717) is 22.9 Å². The van der Waals surface area contributed by atoms with Gasteiger partial charge in [-0.1, -0.05) is 11.8 Å². The van der Waals surface area contributed by atoms with Crippen LogP contribution in [0.5, 0.6) is 0 Å². The van der Waals surface area contributed by atoms with E-state index in [4.69, 9.17) is 10.2 Å². The van der Waals surface area contributed by atoms with Gasteiger partial charge in [-0.25, -0.2) is 9.97 Å². The van der Waals surface area contributed by atoms with Crippen LogP contribution in [0.3, 0.4) is 0 Å². The van der Waals surface area contributed by atoms with Gasteiger partial charge in [0.15, 0.2) is 10.7 Å². The molecule has 2 aromatic heterocycles. The van der Waals surface area contributed by atoms with E-state index < -0.39 is 0 Å². The number of hydrogen-bond acceptors (Lipinski definition) is 6. The van der Waals surface area contributed by atoms with Crippen molar-refractivity contribution in [3.05, 3.63) is 30.4 Å². The molecule has 3 rings (SSSR count). The van der Waals surface area contributed by atoms with Crippen molar-refractivity contribution < 1.29 is 4.42 Å². The van der Waals surface area contributed by atoms with Gasteiger partial charge in [0.05, 0.1) is 5.75 Å². The second-order valence-electron chi connectivity index (χ2n) is 3.41. The van der Waals surface area contributed by atoms with Crippen LogP contribution in [0.4, 0.5) is 5.69 Å². The summed E-state index contributed by atoms with van der Waals surface area (Å²) in [6.45, 7) is 0. The van der Waals surface area contributed by atoms with Crippen molar-refractivity contribution in [2.75, 3.05) is 5.73 Å². The zero-order valence-corrected chi connectivity index (χ0v) is 9.57. The number of oxazole rings is 1. The Labute approximate surface area is 101 Å². The number of nitrogens with two attached hydrogens (primary N) is 1. The third kappa shape index (κ3) is 2.09. The average molecular weight is 247 g/mol. The summed E-state index contributed by atoms with van der Waals surface area (Å²) in [5, 5.41) is 7.27. The molecule has 0 saturated heterocycles. The van der Waals surface area contributed by atoms with E-state index in [9.17, 15) is 0 Å². The lowest BCUT2D eigenvalue weighted by atomic mass is 10.3. The summed E-state index contributed by atoms with van der Waals surface area (Å²) in [6, 6.07) is 5.42. The van der Waals surface area contributed by atoms with E-state index in [-0.39, 0.29) is 0 Å². The highest BCUT2D eigenvalue weighted by Gasteiger charge is 2.07. The quantitative estimate of drug-likeness (QED) is 0.541. The van der Waals surface area contributed by atoms with Gasteiger partial charge in [-0.15, -0.1) is 0 Å². The molecule has 2 heterocycles. The topological polar surface area (TPSA) is 93.6 Å². The number of benzene rings is 1. The van der Waals surface area contributed by atoms with E-state index >= 15 is 0 Å². The number of nitrogen functional groups attached to an aromatic ring is 1. The molecule has 0 unspecified atom stereocenters. The van der Waals surface area contributed by atoms with Gasteiger partial charge in [-0.3, -0.25) is 5.10 Å². The zero-order chi connectivity index (χ0) is 11.7. The molecule has 3 aromatic rings. The molecule has 0 atom stereocenters. The van der Waals surface area contributed by atoms with Crippen molar-refractivity contribution in [1.82, 2.24) is 20.2 Å². The fourth-order valence-electron chi connectivity index (χ4n) is 1.44. The lowest BCUT2D eigenvalue weighted by Gasteiger charge is -1.91. The maximum absolute atomic E-state index is 5.67. The lowest BCUT2D eigenvalue weighted by Crippen LogP contribution is -1.82. The molecule has 0 aliphatic rings. The highest BCUT2D eigenvalue weighted by Crippen LogP contribution is 2.23. The first-order valence-corrected chi connectivity index (χ1v) is 5.93. The first-order valence-electron chi connectivity index (χ1n) is 4.94. The number of nitrogens with zero attached hydrogens (tertiary/aromatic N) is 3. The van der Waals surface area contributed by atoms with Crippen molar-refractivity contribution >= 4 is 28.5 Å². The number of fused-ring (bicyclic) bond motifs is 1. The highest BCUT2D eigenvalue weighted by atomic mass is 32.2. The van der Waals surface area contributed by atoms with Crippen molar-refractivity contribution in [3.63, 3.8) is 0 Å². The Morgan fingerprint density at radius 3 is 3.18 bits per heavy atom. The molecule has 86 valence electrons. The highest BCUT2D eigenvalue weighted by molar-refractivity contribution is 7.98. The molecule has 1 aromatic carbocycles. The van der Waals surface area contributed by atoms with Crippen molar-refractivity contribution in [2.45, 2.75) is 10.9 Å². The summed E-state index contributed by atoms with van der Waals surface area (Å²) in [5.41, 5.74) is 7.86. The van der Waals surface area contributed by atoms with E-state index in [1.54, 1.807) is 12.1 Å². The molecule has 0 amide bonds. The molecule has 0 saturated carbocycles. The largest absolute Gasteiger partial charge is 0.440 e.